The van der Waals surface area contributed by atoms with Crippen molar-refractivity contribution in [3.8, 4) is 5.88 Å². The number of aromatic nitrogens is 2. The molecule has 1 fully saturated rings. The highest BCUT2D eigenvalue weighted by atomic mass is 16.5. The maximum absolute atomic E-state index is 5.82. The molecule has 0 amide bonds. The fourth-order valence-electron chi connectivity index (χ4n) is 2.37. The van der Waals surface area contributed by atoms with Crippen molar-refractivity contribution in [3.63, 3.8) is 0 Å². The Balaban J connectivity index is 1.84. The summed E-state index contributed by atoms with van der Waals surface area (Å²) in [6.45, 7) is 7.30. The summed E-state index contributed by atoms with van der Waals surface area (Å²) in [6.07, 6.45) is 6.87. The van der Waals surface area contributed by atoms with Crippen LogP contribution in [0.5, 0.6) is 5.88 Å². The van der Waals surface area contributed by atoms with Crippen molar-refractivity contribution in [2.24, 2.45) is 5.73 Å². The molecule has 118 valence electrons. The van der Waals surface area contributed by atoms with Crippen LogP contribution < -0.4 is 15.4 Å². The van der Waals surface area contributed by atoms with Crippen LogP contribution >= 0.6 is 0 Å². The molecule has 1 aromatic rings. The van der Waals surface area contributed by atoms with Crippen LogP contribution in [-0.4, -0.2) is 48.4 Å². The van der Waals surface area contributed by atoms with Crippen molar-refractivity contribution in [2.75, 3.05) is 31.1 Å². The Morgan fingerprint density at radius 2 is 2.10 bits per heavy atom. The van der Waals surface area contributed by atoms with Crippen LogP contribution in [0.25, 0.3) is 0 Å². The molecule has 0 aliphatic carbocycles. The zero-order valence-corrected chi connectivity index (χ0v) is 13.0. The van der Waals surface area contributed by atoms with E-state index < -0.39 is 0 Å². The van der Waals surface area contributed by atoms with E-state index in [1.54, 1.807) is 12.4 Å². The van der Waals surface area contributed by atoms with Crippen LogP contribution in [0.3, 0.4) is 0 Å². The van der Waals surface area contributed by atoms with E-state index in [9.17, 15) is 0 Å². The van der Waals surface area contributed by atoms with Crippen LogP contribution in [0, 0.1) is 0 Å². The van der Waals surface area contributed by atoms with Gasteiger partial charge in [0.05, 0.1) is 24.6 Å². The molecule has 21 heavy (non-hydrogen) atoms. The van der Waals surface area contributed by atoms with E-state index in [1.807, 2.05) is 13.8 Å². The van der Waals surface area contributed by atoms with Crippen molar-refractivity contribution in [1.29, 1.82) is 0 Å². The minimum Gasteiger partial charge on any atom is -0.474 e. The zero-order valence-electron chi connectivity index (χ0n) is 13.0. The predicted octanol–water partition coefficient (Wildman–Crippen LogP) is 1.60. The van der Waals surface area contributed by atoms with Gasteiger partial charge in [-0.2, -0.15) is 4.98 Å². The highest BCUT2D eigenvalue weighted by Gasteiger charge is 2.21. The molecular weight excluding hydrogens is 268 g/mol. The van der Waals surface area contributed by atoms with Gasteiger partial charge in [-0.15, -0.1) is 0 Å². The lowest BCUT2D eigenvalue weighted by Crippen LogP contribution is -2.37. The Kier molecular flexibility index (Phi) is 6.20. The third-order valence-corrected chi connectivity index (χ3v) is 3.42. The van der Waals surface area contributed by atoms with E-state index in [1.165, 1.54) is 0 Å². The van der Waals surface area contributed by atoms with Gasteiger partial charge in [0.25, 0.3) is 0 Å². The van der Waals surface area contributed by atoms with Crippen LogP contribution in [-0.2, 0) is 4.74 Å². The monoisotopic (exact) mass is 294 g/mol. The van der Waals surface area contributed by atoms with Gasteiger partial charge < -0.3 is 20.1 Å². The highest BCUT2D eigenvalue weighted by molar-refractivity contribution is 5.38. The van der Waals surface area contributed by atoms with Gasteiger partial charge in [0, 0.05) is 19.7 Å². The molecule has 1 saturated heterocycles. The highest BCUT2D eigenvalue weighted by Crippen LogP contribution is 2.21. The first kappa shape index (κ1) is 16.0. The summed E-state index contributed by atoms with van der Waals surface area (Å²) in [7, 11) is 0. The predicted molar refractivity (Wildman–Crippen MR) is 82.7 cm³/mol. The van der Waals surface area contributed by atoms with E-state index in [2.05, 4.69) is 14.9 Å². The molecule has 1 aliphatic rings. The molecule has 6 heteroatoms. The molecule has 2 heterocycles. The van der Waals surface area contributed by atoms with Gasteiger partial charge in [0.1, 0.15) is 0 Å². The molecule has 2 rings (SSSR count). The van der Waals surface area contributed by atoms with Gasteiger partial charge in [0.2, 0.25) is 5.88 Å². The minimum absolute atomic E-state index is 0.108. The second-order valence-corrected chi connectivity index (χ2v) is 5.58. The van der Waals surface area contributed by atoms with Crippen molar-refractivity contribution in [1.82, 2.24) is 9.97 Å². The van der Waals surface area contributed by atoms with Crippen molar-refractivity contribution < 1.29 is 9.47 Å². The van der Waals surface area contributed by atoms with Gasteiger partial charge in [-0.25, -0.2) is 0 Å². The van der Waals surface area contributed by atoms with E-state index >= 15 is 0 Å². The first-order chi connectivity index (χ1) is 10.2. The largest absolute Gasteiger partial charge is 0.474 e. The maximum atomic E-state index is 5.82. The van der Waals surface area contributed by atoms with Gasteiger partial charge in [-0.1, -0.05) is 0 Å². The van der Waals surface area contributed by atoms with Crippen LogP contribution in [0.1, 0.15) is 33.1 Å². The second kappa shape index (κ2) is 8.14. The average Bonchev–Trinajstić information content (AvgIpc) is 2.48. The van der Waals surface area contributed by atoms with Gasteiger partial charge in [-0.3, -0.25) is 4.98 Å². The molecule has 1 aromatic heterocycles. The molecule has 0 radical (unpaired) electrons. The summed E-state index contributed by atoms with van der Waals surface area (Å²) in [6, 6.07) is 0. The Morgan fingerprint density at radius 1 is 1.33 bits per heavy atom. The van der Waals surface area contributed by atoms with Gasteiger partial charge >= 0.3 is 0 Å². The minimum atomic E-state index is 0.108. The Bertz CT molecular complexity index is 420. The lowest BCUT2D eigenvalue weighted by atomic mass is 10.1. The van der Waals surface area contributed by atoms with Crippen LogP contribution in [0.15, 0.2) is 12.4 Å². The van der Waals surface area contributed by atoms with Crippen molar-refractivity contribution >= 4 is 5.82 Å². The lowest BCUT2D eigenvalue weighted by molar-refractivity contribution is 0.0365. The molecular formula is C15H26N4O2. The number of ether oxygens (including phenoxy) is 2. The molecule has 0 atom stereocenters. The topological polar surface area (TPSA) is 73.5 Å². The summed E-state index contributed by atoms with van der Waals surface area (Å²) >= 11 is 0. The number of nitrogens with two attached hydrogens (primary N) is 1. The fraction of sp³-hybridized carbons (Fsp3) is 0.733. The molecule has 0 aromatic carbocycles. The first-order valence-electron chi connectivity index (χ1n) is 7.74. The number of rotatable bonds is 7. The summed E-state index contributed by atoms with van der Waals surface area (Å²) < 4.78 is 11.4. The SMILES string of the molecule is CC(C)Oc1cncc(N2CCC(OCCCN)CC2)n1. The Morgan fingerprint density at radius 3 is 2.76 bits per heavy atom. The standard InChI is InChI=1S/C15H26N4O2/c1-12(2)21-15-11-17-10-14(18-15)19-7-4-13(5-8-19)20-9-3-6-16/h10-13H,3-9,16H2,1-2H3. The lowest BCUT2D eigenvalue weighted by Gasteiger charge is -2.32. The molecule has 0 spiro atoms. The molecule has 0 saturated carbocycles. The number of hydrogen-bond acceptors (Lipinski definition) is 6. The van der Waals surface area contributed by atoms with E-state index in [4.69, 9.17) is 15.2 Å². The van der Waals surface area contributed by atoms with Crippen molar-refractivity contribution in [2.45, 2.75) is 45.3 Å². The average molecular weight is 294 g/mol. The smallest absolute Gasteiger partial charge is 0.234 e. The number of piperidine rings is 1. The quantitative estimate of drug-likeness (QED) is 0.770. The third-order valence-electron chi connectivity index (χ3n) is 3.42. The first-order valence-corrected chi connectivity index (χ1v) is 7.74. The van der Waals surface area contributed by atoms with E-state index in [-0.39, 0.29) is 6.10 Å². The molecule has 1 aliphatic heterocycles. The van der Waals surface area contributed by atoms with Gasteiger partial charge in [-0.05, 0) is 39.7 Å². The zero-order chi connectivity index (χ0) is 15.1. The summed E-state index contributed by atoms with van der Waals surface area (Å²) in [5.41, 5.74) is 5.48. The van der Waals surface area contributed by atoms with Crippen LogP contribution in [0.2, 0.25) is 0 Å². The summed E-state index contributed by atoms with van der Waals surface area (Å²) in [5, 5.41) is 0. The molecule has 2 N–H and O–H groups in total. The van der Waals surface area contributed by atoms with E-state index in [0.717, 1.165) is 44.8 Å². The second-order valence-electron chi connectivity index (χ2n) is 5.58. The fourth-order valence-corrected chi connectivity index (χ4v) is 2.37. The van der Waals surface area contributed by atoms with E-state index in [0.29, 0.717) is 18.5 Å². The van der Waals surface area contributed by atoms with Crippen molar-refractivity contribution in [3.05, 3.63) is 12.4 Å². The number of hydrogen-bond donors (Lipinski definition) is 1. The molecule has 0 unspecified atom stereocenters. The van der Waals surface area contributed by atoms with Crippen LogP contribution in [0.4, 0.5) is 5.82 Å². The Hall–Kier alpha value is -1.40. The Labute approximate surface area is 126 Å². The molecule has 0 bridgehead atoms. The maximum Gasteiger partial charge on any atom is 0.234 e. The normalized spacial score (nSPS) is 16.5. The summed E-state index contributed by atoms with van der Waals surface area (Å²) in [4.78, 5) is 11.0. The third kappa shape index (κ3) is 5.13. The molecule has 6 nitrogen and oxygen atoms in total. The van der Waals surface area contributed by atoms with Gasteiger partial charge in [0.15, 0.2) is 5.82 Å². The number of nitrogens with zero attached hydrogens (tertiary/aromatic N) is 3. The summed E-state index contributed by atoms with van der Waals surface area (Å²) in [5.74, 6) is 1.47. The number of anilines is 1.